The highest BCUT2D eigenvalue weighted by molar-refractivity contribution is 8.02. The number of nitrogens with two attached hydrogens (primary N) is 1. The van der Waals surface area contributed by atoms with Crippen LogP contribution >= 0.6 is 23.1 Å². The van der Waals surface area contributed by atoms with Gasteiger partial charge in [-0.1, -0.05) is 24.3 Å². The average Bonchev–Trinajstić information content (AvgIpc) is 2.98. The molecule has 0 atom stereocenters. The van der Waals surface area contributed by atoms with Gasteiger partial charge in [0.2, 0.25) is 6.41 Å². The van der Waals surface area contributed by atoms with Gasteiger partial charge in [0.1, 0.15) is 5.75 Å². The van der Waals surface area contributed by atoms with Crippen molar-refractivity contribution in [3.8, 4) is 5.75 Å². The van der Waals surface area contributed by atoms with E-state index in [-0.39, 0.29) is 12.2 Å². The minimum atomic E-state index is 0.250. The Morgan fingerprint density at radius 2 is 1.94 bits per heavy atom. The van der Waals surface area contributed by atoms with E-state index in [2.05, 4.69) is 47.7 Å². The Kier molecular flexibility index (Phi) is 8.74. The van der Waals surface area contributed by atoms with Gasteiger partial charge in [-0.05, 0) is 66.7 Å². The molecule has 0 radical (unpaired) electrons. The number of nitrogens with one attached hydrogen (secondary N) is 1. The van der Waals surface area contributed by atoms with Gasteiger partial charge < -0.3 is 15.4 Å². The Morgan fingerprint density at radius 1 is 1.21 bits per heavy atom. The summed E-state index contributed by atoms with van der Waals surface area (Å²) in [7, 11) is 0. The van der Waals surface area contributed by atoms with Gasteiger partial charge in [-0.25, -0.2) is 5.16 Å². The smallest absolute Gasteiger partial charge is 0.204 e. The Labute approximate surface area is 200 Å². The lowest BCUT2D eigenvalue weighted by atomic mass is 10.1. The first-order chi connectivity index (χ1) is 16.0. The molecule has 0 fully saturated rings. The van der Waals surface area contributed by atoms with Gasteiger partial charge >= 0.3 is 0 Å². The number of aromatic nitrogens is 1. The van der Waals surface area contributed by atoms with E-state index < -0.39 is 0 Å². The maximum absolute atomic E-state index is 9.46. The number of amides is 1. The fourth-order valence-corrected chi connectivity index (χ4v) is 5.11. The molecule has 0 aliphatic heterocycles. The molecule has 170 valence electrons. The summed E-state index contributed by atoms with van der Waals surface area (Å²) in [6.45, 7) is 5.76. The monoisotopic (exact) mass is 479 g/mol. The molecule has 0 aliphatic rings. The Balaban J connectivity index is 0.000000968. The zero-order chi connectivity index (χ0) is 23.6. The van der Waals surface area contributed by atoms with Crippen molar-refractivity contribution in [2.45, 2.75) is 19.1 Å². The highest BCUT2D eigenvalue weighted by atomic mass is 32.2. The van der Waals surface area contributed by atoms with Crippen LogP contribution in [0.1, 0.15) is 16.7 Å². The quantitative estimate of drug-likeness (QED) is 0.225. The molecule has 0 saturated heterocycles. The number of carbonyl (C=O) groups excluding carboxylic acids is 1. The van der Waals surface area contributed by atoms with E-state index in [1.165, 1.54) is 11.1 Å². The molecule has 0 bridgehead atoms. The number of aryl methyl sites for hydroxylation is 1. The van der Waals surface area contributed by atoms with Crippen LogP contribution in [-0.4, -0.2) is 23.4 Å². The van der Waals surface area contributed by atoms with Crippen molar-refractivity contribution in [3.05, 3.63) is 88.5 Å². The standard InChI is InChI=1S/C24H22N2O2S2.CH3NO/c1-16-11-24-21(26-28-22-5-3-4-6-23(22)30-24)13-18(16)12-20(14-25-2)29-15-17-7-9-19(27)10-8-17;2-1-3/h3-11,13-14,26-27H,2,12,15H2,1H3;1H,(H2,2,3)/b20-14-;. The van der Waals surface area contributed by atoms with Crippen molar-refractivity contribution in [1.82, 2.24) is 5.16 Å². The first kappa shape index (κ1) is 24.2. The van der Waals surface area contributed by atoms with Gasteiger partial charge in [0, 0.05) is 23.3 Å². The van der Waals surface area contributed by atoms with E-state index in [0.29, 0.717) is 0 Å². The second-order valence-corrected chi connectivity index (χ2v) is 9.26. The van der Waals surface area contributed by atoms with E-state index in [1.807, 2.05) is 36.5 Å². The van der Waals surface area contributed by atoms with Crippen molar-refractivity contribution < 1.29 is 14.4 Å². The number of aromatic hydroxyl groups is 1. The lowest BCUT2D eigenvalue weighted by Gasteiger charge is -2.10. The molecule has 1 aromatic heterocycles. The first-order valence-electron chi connectivity index (χ1n) is 10.1. The first-order valence-corrected chi connectivity index (χ1v) is 11.9. The average molecular weight is 480 g/mol. The third-order valence-electron chi connectivity index (χ3n) is 4.74. The van der Waals surface area contributed by atoms with Crippen molar-refractivity contribution in [2.24, 2.45) is 10.7 Å². The minimum Gasteiger partial charge on any atom is -0.508 e. The molecule has 8 heteroatoms. The van der Waals surface area contributed by atoms with Crippen molar-refractivity contribution in [3.63, 3.8) is 0 Å². The number of allylic oxidation sites excluding steroid dienone is 1. The fourth-order valence-electron chi connectivity index (χ4n) is 3.12. The number of phenolic OH excluding ortho intramolecular Hbond substituents is 1. The summed E-state index contributed by atoms with van der Waals surface area (Å²) in [5.41, 5.74) is 9.55. The summed E-state index contributed by atoms with van der Waals surface area (Å²) < 4.78 is 8.04. The van der Waals surface area contributed by atoms with Crippen LogP contribution in [0.2, 0.25) is 0 Å². The number of aliphatic imine (C=N–C) groups is 1. The molecule has 1 heterocycles. The topological polar surface area (TPSA) is 105 Å². The molecule has 0 aliphatic carbocycles. The minimum absolute atomic E-state index is 0.250. The number of benzene rings is 3. The molecule has 33 heavy (non-hydrogen) atoms. The molecule has 4 rings (SSSR count). The summed E-state index contributed by atoms with van der Waals surface area (Å²) in [6.07, 6.45) is 2.84. The van der Waals surface area contributed by atoms with Gasteiger partial charge in [-0.3, -0.25) is 9.79 Å². The van der Waals surface area contributed by atoms with Crippen molar-refractivity contribution in [2.75, 3.05) is 0 Å². The van der Waals surface area contributed by atoms with Gasteiger partial charge in [-0.15, -0.1) is 23.1 Å². The van der Waals surface area contributed by atoms with Crippen LogP contribution < -0.4 is 5.73 Å². The summed E-state index contributed by atoms with van der Waals surface area (Å²) in [5, 5.41) is 12.6. The number of rotatable bonds is 6. The Bertz CT molecular complexity index is 1320. The SMILES string of the molecule is C=N/C=C(/Cc1cc2[nH]oc3ccccc3sc2cc1C)SCc1ccc(O)cc1.NC=O. The zero-order valence-corrected chi connectivity index (χ0v) is 19.8. The predicted octanol–water partition coefficient (Wildman–Crippen LogP) is 6.23. The third kappa shape index (κ3) is 6.74. The van der Waals surface area contributed by atoms with Crippen LogP contribution in [0, 0.1) is 6.92 Å². The Morgan fingerprint density at radius 3 is 2.67 bits per heavy atom. The zero-order valence-electron chi connectivity index (χ0n) is 18.2. The van der Waals surface area contributed by atoms with Gasteiger partial charge in [0.25, 0.3) is 0 Å². The lowest BCUT2D eigenvalue weighted by molar-refractivity contribution is -0.106. The number of aromatic amines is 1. The van der Waals surface area contributed by atoms with Gasteiger partial charge in [0.15, 0.2) is 5.58 Å². The second-order valence-electron chi connectivity index (χ2n) is 7.07. The number of carbonyl (C=O) groups is 1. The summed E-state index contributed by atoms with van der Waals surface area (Å²) in [6, 6.07) is 19.7. The Hall–Kier alpha value is -3.49. The highest BCUT2D eigenvalue weighted by Gasteiger charge is 2.08. The molecular formula is C25H25N3O3S2. The summed E-state index contributed by atoms with van der Waals surface area (Å²) >= 11 is 3.44. The fraction of sp³-hybridized carbons (Fsp3) is 0.120. The molecule has 6 nitrogen and oxygen atoms in total. The predicted molar refractivity (Wildman–Crippen MR) is 139 cm³/mol. The van der Waals surface area contributed by atoms with Crippen LogP contribution in [0.15, 0.2) is 81.3 Å². The molecule has 0 saturated carbocycles. The van der Waals surface area contributed by atoms with Crippen LogP contribution in [0.4, 0.5) is 0 Å². The van der Waals surface area contributed by atoms with Crippen molar-refractivity contribution in [1.29, 1.82) is 0 Å². The van der Waals surface area contributed by atoms with E-state index >= 15 is 0 Å². The lowest BCUT2D eigenvalue weighted by Crippen LogP contribution is -1.93. The van der Waals surface area contributed by atoms with Gasteiger partial charge in [-0.2, -0.15) is 0 Å². The number of para-hydroxylation sites is 1. The van der Waals surface area contributed by atoms with Crippen molar-refractivity contribution >= 4 is 56.7 Å². The van der Waals surface area contributed by atoms with Crippen LogP contribution in [0.3, 0.4) is 0 Å². The largest absolute Gasteiger partial charge is 0.508 e. The normalized spacial score (nSPS) is 11.0. The number of hydrogen-bond acceptors (Lipinski definition) is 6. The maximum Gasteiger partial charge on any atom is 0.204 e. The number of nitrogens with zero attached hydrogens (tertiary/aromatic N) is 1. The summed E-state index contributed by atoms with van der Waals surface area (Å²) in [4.78, 5) is 13.7. The number of hydrogen-bond donors (Lipinski definition) is 3. The van der Waals surface area contributed by atoms with Crippen LogP contribution in [0.25, 0.3) is 20.5 Å². The molecule has 0 unspecified atom stereocenters. The van der Waals surface area contributed by atoms with E-state index in [1.54, 1.807) is 35.2 Å². The van der Waals surface area contributed by atoms with E-state index in [4.69, 9.17) is 9.32 Å². The number of thioether (sulfide) groups is 1. The highest BCUT2D eigenvalue weighted by Crippen LogP contribution is 2.30. The molecule has 4 N–H and O–H groups in total. The molecule has 0 spiro atoms. The third-order valence-corrected chi connectivity index (χ3v) is 6.95. The van der Waals surface area contributed by atoms with E-state index in [9.17, 15) is 5.11 Å². The molecule has 1 amide bonds. The molecule has 4 aromatic rings. The van der Waals surface area contributed by atoms with Gasteiger partial charge in [0.05, 0.1) is 14.9 Å². The summed E-state index contributed by atoms with van der Waals surface area (Å²) in [5.74, 6) is 1.08. The van der Waals surface area contributed by atoms with E-state index in [0.717, 1.165) is 43.1 Å². The second kappa shape index (κ2) is 11.9. The number of fused-ring (bicyclic) bond motifs is 2. The maximum atomic E-state index is 9.46. The molecule has 3 aromatic carbocycles. The number of H-pyrrole nitrogens is 1. The van der Waals surface area contributed by atoms with Crippen LogP contribution in [0.5, 0.6) is 5.75 Å². The molecular weight excluding hydrogens is 454 g/mol. The number of phenols is 1. The number of primary amides is 1. The van der Waals surface area contributed by atoms with Crippen LogP contribution in [-0.2, 0) is 17.0 Å².